The van der Waals surface area contributed by atoms with Crippen LogP contribution in [0.4, 0.5) is 0 Å². The van der Waals surface area contributed by atoms with Crippen molar-refractivity contribution in [3.63, 3.8) is 0 Å². The monoisotopic (exact) mass is 513 g/mol. The van der Waals surface area contributed by atoms with Gasteiger partial charge in [0.15, 0.2) is 0 Å². The average Bonchev–Trinajstić information content (AvgIpc) is 3.39. The number of hydrogen-bond acceptors (Lipinski definition) is 5. The molecule has 6 nitrogen and oxygen atoms in total. The number of nitrogens with zero attached hydrogens (tertiary/aromatic N) is 2. The van der Waals surface area contributed by atoms with E-state index in [1.54, 1.807) is 6.08 Å². The molecule has 1 aliphatic rings. The summed E-state index contributed by atoms with van der Waals surface area (Å²) in [6.07, 6.45) is 20.2. The third-order valence-corrected chi connectivity index (χ3v) is 6.04. The molecule has 0 amide bonds. The van der Waals surface area contributed by atoms with E-state index in [-0.39, 0.29) is 5.97 Å². The van der Waals surface area contributed by atoms with Gasteiger partial charge in [-0.2, -0.15) is 5.10 Å². The van der Waals surface area contributed by atoms with E-state index in [0.717, 1.165) is 84.7 Å². The van der Waals surface area contributed by atoms with Crippen LogP contribution in [0.15, 0.2) is 90.2 Å². The summed E-state index contributed by atoms with van der Waals surface area (Å²) in [5.74, 6) is -0.337. The zero-order chi connectivity index (χ0) is 27.2. The molecule has 0 fully saturated rings. The van der Waals surface area contributed by atoms with Crippen molar-refractivity contribution in [1.82, 2.24) is 15.2 Å². The van der Waals surface area contributed by atoms with E-state index in [4.69, 9.17) is 9.47 Å². The molecule has 3 rings (SSSR count). The lowest BCUT2D eigenvalue weighted by atomic mass is 9.95. The molecule has 0 saturated heterocycles. The van der Waals surface area contributed by atoms with Crippen LogP contribution in [0.1, 0.15) is 57.2 Å². The third-order valence-electron chi connectivity index (χ3n) is 6.04. The second kappa shape index (κ2) is 15.5. The van der Waals surface area contributed by atoms with Crippen molar-refractivity contribution in [2.75, 3.05) is 19.8 Å². The summed E-state index contributed by atoms with van der Waals surface area (Å²) in [4.78, 5) is 17.6. The van der Waals surface area contributed by atoms with Crippen LogP contribution in [-0.4, -0.2) is 41.0 Å². The van der Waals surface area contributed by atoms with E-state index < -0.39 is 0 Å². The number of carbonyl (C=O) groups excluding carboxylic acids is 1. The van der Waals surface area contributed by atoms with Crippen molar-refractivity contribution in [3.8, 4) is 11.4 Å². The zero-order valence-electron chi connectivity index (χ0n) is 22.8. The van der Waals surface area contributed by atoms with Gasteiger partial charge >= 0.3 is 5.97 Å². The third kappa shape index (κ3) is 8.38. The van der Waals surface area contributed by atoms with Gasteiger partial charge in [-0.25, -0.2) is 4.79 Å². The van der Waals surface area contributed by atoms with Crippen molar-refractivity contribution in [3.05, 3.63) is 101 Å². The maximum absolute atomic E-state index is 13.0. The van der Waals surface area contributed by atoms with Gasteiger partial charge in [-0.1, -0.05) is 68.5 Å². The van der Waals surface area contributed by atoms with Crippen molar-refractivity contribution in [2.45, 2.75) is 52.9 Å². The van der Waals surface area contributed by atoms with Crippen molar-refractivity contribution in [1.29, 1.82) is 0 Å². The van der Waals surface area contributed by atoms with Crippen LogP contribution in [0.25, 0.3) is 17.0 Å². The van der Waals surface area contributed by atoms with Gasteiger partial charge in [0.1, 0.15) is 5.69 Å². The molecule has 38 heavy (non-hydrogen) atoms. The van der Waals surface area contributed by atoms with Gasteiger partial charge in [0, 0.05) is 30.7 Å². The fraction of sp³-hybridized carbons (Fsp3) is 0.344. The van der Waals surface area contributed by atoms with Crippen LogP contribution in [0.2, 0.25) is 0 Å². The second-order valence-electron chi connectivity index (χ2n) is 9.14. The topological polar surface area (TPSA) is 77.1 Å². The van der Waals surface area contributed by atoms with Gasteiger partial charge < -0.3 is 9.47 Å². The molecule has 0 bridgehead atoms. The van der Waals surface area contributed by atoms with Gasteiger partial charge in [-0.3, -0.25) is 10.1 Å². The molecule has 2 aromatic rings. The van der Waals surface area contributed by atoms with E-state index in [9.17, 15) is 4.79 Å². The molecule has 1 N–H and O–H groups in total. The number of allylic oxidation sites excluding steroid dienone is 9. The van der Waals surface area contributed by atoms with Gasteiger partial charge in [0.2, 0.25) is 0 Å². The quantitative estimate of drug-likeness (QED) is 0.173. The van der Waals surface area contributed by atoms with E-state index in [2.05, 4.69) is 28.7 Å². The molecule has 0 spiro atoms. The highest BCUT2D eigenvalue weighted by Gasteiger charge is 2.17. The van der Waals surface area contributed by atoms with Crippen LogP contribution >= 0.6 is 0 Å². The Bertz CT molecular complexity index is 1240. The lowest BCUT2D eigenvalue weighted by molar-refractivity contribution is -0.138. The number of rotatable bonds is 13. The minimum atomic E-state index is -0.337. The van der Waals surface area contributed by atoms with Crippen LogP contribution in [0.5, 0.6) is 0 Å². The average molecular weight is 514 g/mol. The van der Waals surface area contributed by atoms with Crippen LogP contribution in [0, 0.1) is 6.92 Å². The number of hydrogen-bond donors (Lipinski definition) is 1. The first-order valence-electron chi connectivity index (χ1n) is 13.4. The van der Waals surface area contributed by atoms with E-state index in [1.165, 1.54) is 0 Å². The maximum atomic E-state index is 13.0. The number of nitrogens with one attached hydrogen (secondary N) is 1. The number of ether oxygens (including phenoxy) is 2. The summed E-state index contributed by atoms with van der Waals surface area (Å²) in [6, 6.07) is 5.89. The molecular weight excluding hydrogens is 474 g/mol. The van der Waals surface area contributed by atoms with Gasteiger partial charge in [-0.15, -0.1) is 0 Å². The Morgan fingerprint density at radius 2 is 1.89 bits per heavy atom. The number of unbranched alkanes of at least 4 members (excludes halogenated alkanes) is 3. The molecule has 2 aromatic heterocycles. The number of pyridine rings is 1. The zero-order valence-corrected chi connectivity index (χ0v) is 22.8. The molecule has 1 aliphatic carbocycles. The molecular formula is C32H39N3O3. The Kier molecular flexibility index (Phi) is 11.7. The smallest absolute Gasteiger partial charge is 0.338 e. The summed E-state index contributed by atoms with van der Waals surface area (Å²) < 4.78 is 11.1. The Balaban J connectivity index is 1.70. The molecule has 0 saturated carbocycles. The number of carbonyl (C=O) groups is 1. The molecule has 0 atom stereocenters. The molecule has 0 radical (unpaired) electrons. The van der Waals surface area contributed by atoms with E-state index >= 15 is 0 Å². The van der Waals surface area contributed by atoms with Crippen LogP contribution in [0.3, 0.4) is 0 Å². The fourth-order valence-corrected chi connectivity index (χ4v) is 4.10. The highest BCUT2D eigenvalue weighted by atomic mass is 16.5. The predicted molar refractivity (Wildman–Crippen MR) is 154 cm³/mol. The number of aromatic nitrogens is 3. The van der Waals surface area contributed by atoms with Crippen molar-refractivity contribution >= 4 is 11.5 Å². The first kappa shape index (κ1) is 28.8. The maximum Gasteiger partial charge on any atom is 0.338 e. The fourth-order valence-electron chi connectivity index (χ4n) is 4.10. The second-order valence-corrected chi connectivity index (χ2v) is 9.14. The summed E-state index contributed by atoms with van der Waals surface area (Å²) in [7, 11) is 0. The van der Waals surface area contributed by atoms with Gasteiger partial charge in [0.05, 0.1) is 17.9 Å². The molecule has 0 unspecified atom stereocenters. The van der Waals surface area contributed by atoms with Crippen LogP contribution < -0.4 is 0 Å². The number of aryl methyl sites for hydroxylation is 1. The van der Waals surface area contributed by atoms with Crippen LogP contribution in [-0.2, 0) is 14.3 Å². The summed E-state index contributed by atoms with van der Waals surface area (Å²) >= 11 is 0. The van der Waals surface area contributed by atoms with E-state index in [1.807, 2.05) is 74.7 Å². The Labute approximate surface area is 226 Å². The number of H-pyrrole nitrogens is 1. The van der Waals surface area contributed by atoms with Crippen molar-refractivity contribution in [2.24, 2.45) is 0 Å². The molecule has 200 valence electrons. The minimum Gasteiger partial charge on any atom is -0.462 e. The van der Waals surface area contributed by atoms with Gasteiger partial charge in [0.25, 0.3) is 0 Å². The normalized spacial score (nSPS) is 18.0. The molecule has 0 aliphatic heterocycles. The van der Waals surface area contributed by atoms with Crippen molar-refractivity contribution < 1.29 is 14.3 Å². The lowest BCUT2D eigenvalue weighted by Gasteiger charge is -2.12. The number of aromatic amines is 1. The van der Waals surface area contributed by atoms with E-state index in [0.29, 0.717) is 12.2 Å². The molecule has 0 aromatic carbocycles. The molecule has 6 heteroatoms. The highest BCUT2D eigenvalue weighted by molar-refractivity contribution is 5.95. The lowest BCUT2D eigenvalue weighted by Crippen LogP contribution is -2.10. The Morgan fingerprint density at radius 1 is 1.08 bits per heavy atom. The summed E-state index contributed by atoms with van der Waals surface area (Å²) in [5.41, 5.74) is 6.38. The first-order valence-corrected chi connectivity index (χ1v) is 13.4. The minimum absolute atomic E-state index is 0.337. The summed E-state index contributed by atoms with van der Waals surface area (Å²) in [6.45, 7) is 12.2. The predicted octanol–water partition coefficient (Wildman–Crippen LogP) is 7.25. The highest BCUT2D eigenvalue weighted by Crippen LogP contribution is 2.29. The first-order chi connectivity index (χ1) is 18.5. The summed E-state index contributed by atoms with van der Waals surface area (Å²) in [5, 5.41) is 7.40. The Morgan fingerprint density at radius 3 is 2.66 bits per heavy atom. The molecule has 2 heterocycles. The van der Waals surface area contributed by atoms with Gasteiger partial charge in [-0.05, 0) is 68.4 Å². The standard InChI is InChI=1S/C32H39N3O3/c1-5-13-28(32(36)38-22-10-8-7-9-21-37-20-6-2)27-16-12-15-26(19-18-24(27)3)29-23-33-35-31(29)30-17-11-14-25(4)34-30/h5,11-19,23H,3,6-10,20-22H2,1-2,4H3,(H,33,35)/b13-5-,16-12+,19-18-,26-15-,28-27+. The Hall–Kier alpha value is -3.77. The largest absolute Gasteiger partial charge is 0.462 e. The number of esters is 1. The SMILES string of the molecule is C=C1\C=C/C(c2c[nH]nc2-c2cccc(C)n2)=C/C=C/C1=C(/C=C\C)C(=O)OCCCCCCOCCC.